The van der Waals surface area contributed by atoms with Crippen LogP contribution in [0.4, 0.5) is 0 Å². The molecule has 90 valence electrons. The Morgan fingerprint density at radius 1 is 1.27 bits per heavy atom. The molecular weight excluding hydrogens is 188 g/mol. The Morgan fingerprint density at radius 3 is 2.13 bits per heavy atom. The topological polar surface area (TPSA) is 24.8 Å². The first-order valence-electron chi connectivity index (χ1n) is 5.56. The Morgan fingerprint density at radius 2 is 1.80 bits per heavy atom. The molecule has 0 fully saturated rings. The van der Waals surface area contributed by atoms with Crippen molar-refractivity contribution in [3.8, 4) is 0 Å². The van der Waals surface area contributed by atoms with Gasteiger partial charge in [-0.25, -0.2) is 0 Å². The molecule has 1 atom stereocenters. The lowest BCUT2D eigenvalue weighted by Crippen LogP contribution is -2.29. The standard InChI is InChI=1S/C12H26N2O/c1-10(2)11(13-9-14(6)7)8-15-12(3,4)5/h9-11H,8H2,1-7H3/t11-/m1/s1. The van der Waals surface area contributed by atoms with Crippen LogP contribution in [0, 0.1) is 5.92 Å². The summed E-state index contributed by atoms with van der Waals surface area (Å²) in [7, 11) is 3.96. The second-order valence-electron chi connectivity index (χ2n) is 5.46. The van der Waals surface area contributed by atoms with Gasteiger partial charge in [-0.15, -0.1) is 0 Å². The summed E-state index contributed by atoms with van der Waals surface area (Å²) in [6.45, 7) is 11.2. The van der Waals surface area contributed by atoms with Crippen molar-refractivity contribution in [1.29, 1.82) is 0 Å². The molecule has 0 aliphatic carbocycles. The van der Waals surface area contributed by atoms with E-state index in [4.69, 9.17) is 4.74 Å². The van der Waals surface area contributed by atoms with E-state index in [0.717, 1.165) is 0 Å². The third-order valence-corrected chi connectivity index (χ3v) is 1.95. The Hall–Kier alpha value is -0.570. The Bertz CT molecular complexity index is 192. The molecule has 15 heavy (non-hydrogen) atoms. The Labute approximate surface area is 94.5 Å². The zero-order valence-corrected chi connectivity index (χ0v) is 11.2. The number of ether oxygens (including phenoxy) is 1. The first-order chi connectivity index (χ1) is 6.72. The van der Waals surface area contributed by atoms with Crippen molar-refractivity contribution in [2.45, 2.75) is 46.3 Å². The highest BCUT2D eigenvalue weighted by Gasteiger charge is 2.16. The monoisotopic (exact) mass is 214 g/mol. The van der Waals surface area contributed by atoms with E-state index in [1.807, 2.05) is 25.3 Å². The maximum absolute atomic E-state index is 5.75. The summed E-state index contributed by atoms with van der Waals surface area (Å²) in [5, 5.41) is 0. The summed E-state index contributed by atoms with van der Waals surface area (Å²) in [5.74, 6) is 0.503. The Balaban J connectivity index is 4.18. The van der Waals surface area contributed by atoms with Crippen LogP contribution in [0.1, 0.15) is 34.6 Å². The predicted molar refractivity (Wildman–Crippen MR) is 66.5 cm³/mol. The summed E-state index contributed by atoms with van der Waals surface area (Å²) in [6.07, 6.45) is 1.86. The molecular formula is C12H26N2O. The first kappa shape index (κ1) is 14.4. The molecule has 0 rings (SSSR count). The van der Waals surface area contributed by atoms with Gasteiger partial charge in [0, 0.05) is 14.1 Å². The molecule has 0 unspecified atom stereocenters. The Kier molecular flexibility index (Phi) is 5.88. The van der Waals surface area contributed by atoms with Crippen molar-refractivity contribution in [3.05, 3.63) is 0 Å². The van der Waals surface area contributed by atoms with Gasteiger partial charge in [-0.2, -0.15) is 0 Å². The van der Waals surface area contributed by atoms with Gasteiger partial charge in [0.25, 0.3) is 0 Å². The van der Waals surface area contributed by atoms with E-state index in [1.165, 1.54) is 0 Å². The van der Waals surface area contributed by atoms with Crippen LogP contribution in [0.5, 0.6) is 0 Å². The average Bonchev–Trinajstić information content (AvgIpc) is 2.00. The number of hydrogen-bond donors (Lipinski definition) is 0. The smallest absolute Gasteiger partial charge is 0.0849 e. The molecule has 0 amide bonds. The van der Waals surface area contributed by atoms with E-state index in [2.05, 4.69) is 39.6 Å². The molecule has 0 saturated heterocycles. The number of nitrogens with zero attached hydrogens (tertiary/aromatic N) is 2. The number of aliphatic imine (C=N–C) groups is 1. The van der Waals surface area contributed by atoms with Gasteiger partial charge in [0.1, 0.15) is 0 Å². The van der Waals surface area contributed by atoms with Crippen LogP contribution in [0.3, 0.4) is 0 Å². The summed E-state index contributed by atoms with van der Waals surface area (Å²) in [5.41, 5.74) is -0.0826. The van der Waals surface area contributed by atoms with Crippen molar-refractivity contribution in [2.24, 2.45) is 10.9 Å². The van der Waals surface area contributed by atoms with Crippen LogP contribution in [0.15, 0.2) is 4.99 Å². The molecule has 0 radical (unpaired) electrons. The van der Waals surface area contributed by atoms with Gasteiger partial charge in [-0.3, -0.25) is 4.99 Å². The number of hydrogen-bond acceptors (Lipinski definition) is 2. The minimum Gasteiger partial charge on any atom is -0.374 e. The minimum absolute atomic E-state index is 0.0826. The van der Waals surface area contributed by atoms with E-state index in [9.17, 15) is 0 Å². The molecule has 3 heteroatoms. The highest BCUT2D eigenvalue weighted by molar-refractivity contribution is 5.54. The molecule has 0 aromatic rings. The van der Waals surface area contributed by atoms with Crippen molar-refractivity contribution in [2.75, 3.05) is 20.7 Å². The maximum Gasteiger partial charge on any atom is 0.0849 e. The van der Waals surface area contributed by atoms with E-state index >= 15 is 0 Å². The second kappa shape index (κ2) is 6.11. The summed E-state index contributed by atoms with van der Waals surface area (Å²) in [4.78, 5) is 6.45. The highest BCUT2D eigenvalue weighted by atomic mass is 16.5. The van der Waals surface area contributed by atoms with Crippen LogP contribution in [-0.2, 0) is 4.74 Å². The fraction of sp³-hybridized carbons (Fsp3) is 0.917. The van der Waals surface area contributed by atoms with Gasteiger partial charge in [0.05, 0.1) is 24.6 Å². The molecule has 0 N–H and O–H groups in total. The summed E-state index contributed by atoms with van der Waals surface area (Å²) >= 11 is 0. The quantitative estimate of drug-likeness (QED) is 0.518. The fourth-order valence-electron chi connectivity index (χ4n) is 0.962. The molecule has 0 aliphatic heterocycles. The van der Waals surface area contributed by atoms with Crippen LogP contribution >= 0.6 is 0 Å². The maximum atomic E-state index is 5.75. The SMILES string of the molecule is CC(C)[C@@H](COC(C)(C)C)N=CN(C)C. The molecule has 0 aromatic heterocycles. The van der Waals surface area contributed by atoms with Gasteiger partial charge in [-0.1, -0.05) is 13.8 Å². The molecule has 3 nitrogen and oxygen atoms in total. The molecule has 0 spiro atoms. The zero-order valence-electron chi connectivity index (χ0n) is 11.2. The largest absolute Gasteiger partial charge is 0.374 e. The van der Waals surface area contributed by atoms with E-state index in [1.54, 1.807) is 0 Å². The van der Waals surface area contributed by atoms with Gasteiger partial charge < -0.3 is 9.64 Å². The molecule has 0 saturated carbocycles. The van der Waals surface area contributed by atoms with Crippen molar-refractivity contribution < 1.29 is 4.74 Å². The van der Waals surface area contributed by atoms with Crippen LogP contribution in [0.2, 0.25) is 0 Å². The first-order valence-corrected chi connectivity index (χ1v) is 5.56. The predicted octanol–water partition coefficient (Wildman–Crippen LogP) is 2.42. The second-order valence-corrected chi connectivity index (χ2v) is 5.46. The lowest BCUT2D eigenvalue weighted by atomic mass is 10.1. The van der Waals surface area contributed by atoms with Gasteiger partial charge in [0.15, 0.2) is 0 Å². The van der Waals surface area contributed by atoms with Gasteiger partial charge >= 0.3 is 0 Å². The van der Waals surface area contributed by atoms with Crippen molar-refractivity contribution in [3.63, 3.8) is 0 Å². The van der Waals surface area contributed by atoms with Crippen molar-refractivity contribution in [1.82, 2.24) is 4.90 Å². The average molecular weight is 214 g/mol. The van der Waals surface area contributed by atoms with Crippen molar-refractivity contribution >= 4 is 6.34 Å². The lowest BCUT2D eigenvalue weighted by molar-refractivity contribution is -0.0144. The van der Waals surface area contributed by atoms with Crippen LogP contribution < -0.4 is 0 Å². The summed E-state index contributed by atoms with van der Waals surface area (Å²) in [6, 6.07) is 0.242. The molecule has 0 aliphatic rings. The molecule has 0 heterocycles. The van der Waals surface area contributed by atoms with Crippen LogP contribution in [0.25, 0.3) is 0 Å². The number of rotatable bonds is 5. The van der Waals surface area contributed by atoms with Gasteiger partial charge in [-0.05, 0) is 26.7 Å². The lowest BCUT2D eigenvalue weighted by Gasteiger charge is -2.24. The normalized spacial score (nSPS) is 14.9. The minimum atomic E-state index is -0.0826. The third-order valence-electron chi connectivity index (χ3n) is 1.95. The molecule has 0 bridgehead atoms. The van der Waals surface area contributed by atoms with E-state index in [0.29, 0.717) is 12.5 Å². The van der Waals surface area contributed by atoms with E-state index < -0.39 is 0 Å². The molecule has 0 aromatic carbocycles. The van der Waals surface area contributed by atoms with Crippen LogP contribution in [-0.4, -0.2) is 43.6 Å². The van der Waals surface area contributed by atoms with E-state index in [-0.39, 0.29) is 11.6 Å². The third kappa shape index (κ3) is 8.43. The highest BCUT2D eigenvalue weighted by Crippen LogP contribution is 2.12. The summed E-state index contributed by atoms with van der Waals surface area (Å²) < 4.78 is 5.75. The fourth-order valence-corrected chi connectivity index (χ4v) is 0.962. The van der Waals surface area contributed by atoms with Gasteiger partial charge in [0.2, 0.25) is 0 Å². The zero-order chi connectivity index (χ0) is 12.1.